The summed E-state index contributed by atoms with van der Waals surface area (Å²) < 4.78 is 58.6. The zero-order valence-electron chi connectivity index (χ0n) is 15.2. The molecule has 0 aliphatic heterocycles. The van der Waals surface area contributed by atoms with Gasteiger partial charge in [-0.05, 0) is 50.1 Å². The Morgan fingerprint density at radius 2 is 1.46 bits per heavy atom. The van der Waals surface area contributed by atoms with Crippen LogP contribution in [0, 0.1) is 20.8 Å². The summed E-state index contributed by atoms with van der Waals surface area (Å²) in [5, 5.41) is 0. The summed E-state index contributed by atoms with van der Waals surface area (Å²) in [5.74, 6) is 0.279. The lowest BCUT2D eigenvalue weighted by atomic mass is 10.1. The van der Waals surface area contributed by atoms with Crippen LogP contribution in [0.1, 0.15) is 16.7 Å². The molecule has 0 amide bonds. The number of sulfonamides is 2. The minimum atomic E-state index is -3.84. The van der Waals surface area contributed by atoms with Crippen molar-refractivity contribution in [2.24, 2.45) is 0 Å². The smallest absolute Gasteiger partial charge is 0.262 e. The van der Waals surface area contributed by atoms with Crippen molar-refractivity contribution in [3.63, 3.8) is 0 Å². The van der Waals surface area contributed by atoms with Gasteiger partial charge in [-0.3, -0.25) is 9.44 Å². The van der Waals surface area contributed by atoms with Crippen molar-refractivity contribution in [2.75, 3.05) is 22.8 Å². The molecule has 142 valence electrons. The van der Waals surface area contributed by atoms with Gasteiger partial charge >= 0.3 is 0 Å². The van der Waals surface area contributed by atoms with Gasteiger partial charge in [0.1, 0.15) is 5.75 Å². The number of hydrogen-bond acceptors (Lipinski definition) is 5. The van der Waals surface area contributed by atoms with Crippen LogP contribution in [0.3, 0.4) is 0 Å². The average Bonchev–Trinajstić information content (AvgIpc) is 2.43. The molecule has 0 bridgehead atoms. The van der Waals surface area contributed by atoms with Crippen molar-refractivity contribution >= 4 is 31.4 Å². The number of nitrogens with one attached hydrogen (secondary N) is 2. The minimum absolute atomic E-state index is 0.146. The van der Waals surface area contributed by atoms with E-state index in [1.165, 1.54) is 25.3 Å². The normalized spacial score (nSPS) is 11.9. The summed E-state index contributed by atoms with van der Waals surface area (Å²) in [7, 11) is -5.99. The van der Waals surface area contributed by atoms with E-state index in [2.05, 4.69) is 9.44 Å². The van der Waals surface area contributed by atoms with E-state index in [-0.39, 0.29) is 22.0 Å². The van der Waals surface area contributed by atoms with Gasteiger partial charge < -0.3 is 4.74 Å². The van der Waals surface area contributed by atoms with Gasteiger partial charge in [0.25, 0.3) is 10.0 Å². The summed E-state index contributed by atoms with van der Waals surface area (Å²) in [6.07, 6.45) is 1.00. The lowest BCUT2D eigenvalue weighted by molar-refractivity contribution is 0.417. The predicted molar refractivity (Wildman–Crippen MR) is 103 cm³/mol. The summed E-state index contributed by atoms with van der Waals surface area (Å²) in [6, 6.07) is 7.96. The van der Waals surface area contributed by atoms with Gasteiger partial charge in [-0.15, -0.1) is 0 Å². The molecule has 2 rings (SSSR count). The number of rotatable bonds is 6. The third-order valence-electron chi connectivity index (χ3n) is 3.62. The van der Waals surface area contributed by atoms with Crippen LogP contribution in [0.15, 0.2) is 35.2 Å². The fourth-order valence-electron chi connectivity index (χ4n) is 2.85. The Kier molecular flexibility index (Phi) is 5.52. The number of anilines is 2. The van der Waals surface area contributed by atoms with Crippen LogP contribution in [-0.4, -0.2) is 30.2 Å². The van der Waals surface area contributed by atoms with E-state index in [9.17, 15) is 16.8 Å². The molecule has 0 aliphatic carbocycles. The highest BCUT2D eigenvalue weighted by Gasteiger charge is 2.21. The Morgan fingerprint density at radius 1 is 0.885 bits per heavy atom. The first-order chi connectivity index (χ1) is 11.9. The zero-order chi connectivity index (χ0) is 19.7. The molecule has 0 fully saturated rings. The number of methoxy groups -OCH3 is 1. The molecule has 2 aromatic rings. The zero-order valence-corrected chi connectivity index (χ0v) is 16.9. The average molecular weight is 399 g/mol. The molecular formula is C17H22N2O5S2. The highest BCUT2D eigenvalue weighted by molar-refractivity contribution is 7.93. The van der Waals surface area contributed by atoms with Gasteiger partial charge in [0.2, 0.25) is 10.0 Å². The molecule has 0 unspecified atom stereocenters. The molecule has 2 aromatic carbocycles. The fraction of sp³-hybridized carbons (Fsp3) is 0.294. The van der Waals surface area contributed by atoms with Crippen molar-refractivity contribution in [3.8, 4) is 5.75 Å². The van der Waals surface area contributed by atoms with E-state index < -0.39 is 20.0 Å². The molecule has 0 heterocycles. The van der Waals surface area contributed by atoms with E-state index in [0.29, 0.717) is 11.1 Å². The second kappa shape index (κ2) is 7.16. The van der Waals surface area contributed by atoms with Gasteiger partial charge in [-0.25, -0.2) is 16.8 Å². The van der Waals surface area contributed by atoms with Crippen molar-refractivity contribution in [1.82, 2.24) is 0 Å². The molecule has 7 nitrogen and oxygen atoms in total. The minimum Gasteiger partial charge on any atom is -0.495 e. The summed E-state index contributed by atoms with van der Waals surface area (Å²) >= 11 is 0. The largest absolute Gasteiger partial charge is 0.495 e. The van der Waals surface area contributed by atoms with Crippen LogP contribution in [-0.2, 0) is 20.0 Å². The van der Waals surface area contributed by atoms with Crippen molar-refractivity contribution in [3.05, 3.63) is 47.0 Å². The Morgan fingerprint density at radius 3 is 1.96 bits per heavy atom. The number of aryl methyl sites for hydroxylation is 3. The molecule has 0 spiro atoms. The van der Waals surface area contributed by atoms with Crippen LogP contribution in [0.2, 0.25) is 0 Å². The van der Waals surface area contributed by atoms with E-state index in [4.69, 9.17) is 4.74 Å². The van der Waals surface area contributed by atoms with Gasteiger partial charge in [-0.1, -0.05) is 17.7 Å². The Hall–Kier alpha value is -2.26. The van der Waals surface area contributed by atoms with Gasteiger partial charge in [0.15, 0.2) is 0 Å². The Balaban J connectivity index is 2.46. The van der Waals surface area contributed by atoms with Crippen molar-refractivity contribution in [2.45, 2.75) is 25.7 Å². The first kappa shape index (κ1) is 20.1. The van der Waals surface area contributed by atoms with Gasteiger partial charge in [-0.2, -0.15) is 0 Å². The predicted octanol–water partition coefficient (Wildman–Crippen LogP) is 2.79. The highest BCUT2D eigenvalue weighted by Crippen LogP contribution is 2.30. The third-order valence-corrected chi connectivity index (χ3v) is 5.90. The van der Waals surface area contributed by atoms with Gasteiger partial charge in [0, 0.05) is 0 Å². The quantitative estimate of drug-likeness (QED) is 0.779. The van der Waals surface area contributed by atoms with Crippen LogP contribution in [0.4, 0.5) is 11.4 Å². The number of ether oxygens (including phenoxy) is 1. The second-order valence-electron chi connectivity index (χ2n) is 6.12. The van der Waals surface area contributed by atoms with E-state index >= 15 is 0 Å². The molecular weight excluding hydrogens is 376 g/mol. The molecule has 0 saturated carbocycles. The SMILES string of the molecule is COc1ccc(NS(=O)(=O)c2c(C)cc(C)cc2C)cc1NS(C)(=O)=O. The van der Waals surface area contributed by atoms with Crippen molar-refractivity contribution < 1.29 is 21.6 Å². The van der Waals surface area contributed by atoms with E-state index in [1.807, 2.05) is 6.92 Å². The molecule has 2 N–H and O–H groups in total. The monoisotopic (exact) mass is 398 g/mol. The van der Waals surface area contributed by atoms with E-state index in [0.717, 1.165) is 11.8 Å². The Labute approximate surface area is 154 Å². The molecule has 9 heteroatoms. The molecule has 0 aliphatic rings. The summed E-state index contributed by atoms with van der Waals surface area (Å²) in [4.78, 5) is 0.205. The molecule has 0 aromatic heterocycles. The third kappa shape index (κ3) is 4.67. The lowest BCUT2D eigenvalue weighted by Gasteiger charge is -2.16. The number of hydrogen-bond donors (Lipinski definition) is 2. The molecule has 0 saturated heterocycles. The lowest BCUT2D eigenvalue weighted by Crippen LogP contribution is -2.16. The summed E-state index contributed by atoms with van der Waals surface area (Å²) in [6.45, 7) is 5.37. The molecule has 0 radical (unpaired) electrons. The standard InChI is InChI=1S/C17H22N2O5S2/c1-11-8-12(2)17(13(3)9-11)26(22,23)18-14-6-7-16(24-4)15(10-14)19-25(5,20)21/h6-10,18-19H,1-5H3. The topological polar surface area (TPSA) is 102 Å². The first-order valence-electron chi connectivity index (χ1n) is 7.69. The van der Waals surface area contributed by atoms with Crippen LogP contribution >= 0.6 is 0 Å². The Bertz CT molecular complexity index is 1020. The number of benzene rings is 2. The maximum atomic E-state index is 12.8. The van der Waals surface area contributed by atoms with E-state index in [1.54, 1.807) is 26.0 Å². The maximum Gasteiger partial charge on any atom is 0.262 e. The second-order valence-corrected chi connectivity index (χ2v) is 9.49. The maximum absolute atomic E-state index is 12.8. The van der Waals surface area contributed by atoms with Crippen molar-refractivity contribution in [1.29, 1.82) is 0 Å². The van der Waals surface area contributed by atoms with Gasteiger partial charge in [0.05, 0.1) is 29.6 Å². The molecule has 0 atom stereocenters. The van der Waals surface area contributed by atoms with Crippen LogP contribution < -0.4 is 14.2 Å². The summed E-state index contributed by atoms with van der Waals surface area (Å²) in [5.41, 5.74) is 2.61. The fourth-order valence-corrected chi connectivity index (χ4v) is 4.91. The first-order valence-corrected chi connectivity index (χ1v) is 11.1. The van der Waals surface area contributed by atoms with Crippen LogP contribution in [0.25, 0.3) is 0 Å². The van der Waals surface area contributed by atoms with Crippen LogP contribution in [0.5, 0.6) is 5.75 Å². The highest BCUT2D eigenvalue weighted by atomic mass is 32.2. The molecule has 26 heavy (non-hydrogen) atoms.